The topological polar surface area (TPSA) is 66.0 Å². The van der Waals surface area contributed by atoms with Gasteiger partial charge in [0, 0.05) is 18.1 Å². The van der Waals surface area contributed by atoms with Crippen LogP contribution in [-0.2, 0) is 12.8 Å². The van der Waals surface area contributed by atoms with E-state index < -0.39 is 0 Å². The lowest BCUT2D eigenvalue weighted by Gasteiger charge is -2.06. The van der Waals surface area contributed by atoms with Crippen molar-refractivity contribution in [3.63, 3.8) is 0 Å². The van der Waals surface area contributed by atoms with Crippen LogP contribution in [0.15, 0.2) is 65.3 Å². The van der Waals surface area contributed by atoms with Gasteiger partial charge in [-0.25, -0.2) is 4.68 Å². The molecular formula is C21H20N4O2. The van der Waals surface area contributed by atoms with E-state index in [1.165, 1.54) is 5.56 Å². The molecule has 0 bridgehead atoms. The Morgan fingerprint density at radius 1 is 1.00 bits per heavy atom. The van der Waals surface area contributed by atoms with E-state index in [0.29, 0.717) is 0 Å². The van der Waals surface area contributed by atoms with E-state index in [2.05, 4.69) is 46.7 Å². The molecule has 0 atom stereocenters. The van der Waals surface area contributed by atoms with Crippen molar-refractivity contribution in [1.82, 2.24) is 20.2 Å². The summed E-state index contributed by atoms with van der Waals surface area (Å²) in [6.45, 7) is 2.07. The van der Waals surface area contributed by atoms with Crippen LogP contribution in [0.2, 0.25) is 0 Å². The summed E-state index contributed by atoms with van der Waals surface area (Å²) >= 11 is 0. The molecule has 27 heavy (non-hydrogen) atoms. The minimum atomic E-state index is 0.725. The molecule has 136 valence electrons. The number of nitrogens with zero attached hydrogens (tertiary/aromatic N) is 4. The van der Waals surface area contributed by atoms with Crippen molar-refractivity contribution < 1.29 is 9.26 Å². The Morgan fingerprint density at radius 3 is 2.52 bits per heavy atom. The van der Waals surface area contributed by atoms with Gasteiger partial charge in [0.25, 0.3) is 0 Å². The summed E-state index contributed by atoms with van der Waals surface area (Å²) in [6, 6.07) is 18.0. The Labute approximate surface area is 157 Å². The van der Waals surface area contributed by atoms with Gasteiger partial charge >= 0.3 is 0 Å². The lowest BCUT2D eigenvalue weighted by molar-refractivity contribution is 0.384. The first-order chi connectivity index (χ1) is 13.2. The predicted octanol–water partition coefficient (Wildman–Crippen LogP) is 4.02. The van der Waals surface area contributed by atoms with Crippen LogP contribution >= 0.6 is 0 Å². The summed E-state index contributed by atoms with van der Waals surface area (Å²) in [5.74, 6) is 1.65. The van der Waals surface area contributed by atoms with Crippen LogP contribution in [-0.4, -0.2) is 27.3 Å². The zero-order valence-corrected chi connectivity index (χ0v) is 15.3. The van der Waals surface area contributed by atoms with Gasteiger partial charge < -0.3 is 9.26 Å². The molecule has 6 nitrogen and oxygen atoms in total. The molecule has 0 amide bonds. The summed E-state index contributed by atoms with van der Waals surface area (Å²) in [4.78, 5) is 0. The summed E-state index contributed by atoms with van der Waals surface area (Å²) in [5.41, 5.74) is 5.09. The smallest absolute Gasteiger partial charge is 0.137 e. The summed E-state index contributed by atoms with van der Waals surface area (Å²) in [5, 5.41) is 12.4. The molecule has 0 unspecified atom stereocenters. The summed E-state index contributed by atoms with van der Waals surface area (Å²) in [7, 11) is 1.65. The molecule has 0 radical (unpaired) electrons. The number of hydrogen-bond donors (Lipinski definition) is 0. The monoisotopic (exact) mass is 360 g/mol. The largest absolute Gasteiger partial charge is 0.497 e. The fourth-order valence-electron chi connectivity index (χ4n) is 2.91. The molecule has 0 aliphatic heterocycles. The van der Waals surface area contributed by atoms with Crippen molar-refractivity contribution in [3.05, 3.63) is 77.8 Å². The molecule has 6 heteroatoms. The minimum absolute atomic E-state index is 0.725. The third kappa shape index (κ3) is 3.74. The molecule has 4 aromatic rings. The molecule has 0 saturated carbocycles. The van der Waals surface area contributed by atoms with Crippen molar-refractivity contribution in [2.24, 2.45) is 0 Å². The average molecular weight is 360 g/mol. The summed E-state index contributed by atoms with van der Waals surface area (Å²) in [6.07, 6.45) is 3.26. The van der Waals surface area contributed by atoms with Crippen LogP contribution < -0.4 is 4.74 Å². The Morgan fingerprint density at radius 2 is 1.78 bits per heavy atom. The highest BCUT2D eigenvalue weighted by Gasteiger charge is 2.10. The van der Waals surface area contributed by atoms with Crippen molar-refractivity contribution >= 4 is 0 Å². The van der Waals surface area contributed by atoms with Gasteiger partial charge in [-0.1, -0.05) is 40.2 Å². The maximum absolute atomic E-state index is 5.51. The number of methoxy groups -OCH3 is 1. The SMILES string of the molecule is COc1ccc(-n2nncc2CCc2cc(-c3ccc(C)cc3)no2)cc1. The average Bonchev–Trinajstić information content (AvgIpc) is 3.36. The zero-order valence-electron chi connectivity index (χ0n) is 15.3. The molecule has 0 aliphatic rings. The molecule has 0 N–H and O–H groups in total. The van der Waals surface area contributed by atoms with Gasteiger partial charge in [0.05, 0.1) is 24.7 Å². The van der Waals surface area contributed by atoms with Crippen molar-refractivity contribution in [2.75, 3.05) is 7.11 Å². The summed E-state index contributed by atoms with van der Waals surface area (Å²) < 4.78 is 12.5. The third-order valence-electron chi connectivity index (χ3n) is 4.47. The fourth-order valence-corrected chi connectivity index (χ4v) is 2.91. The lowest BCUT2D eigenvalue weighted by Crippen LogP contribution is -2.03. The molecule has 0 fully saturated rings. The van der Waals surface area contributed by atoms with E-state index in [9.17, 15) is 0 Å². The number of aromatic nitrogens is 4. The molecule has 0 saturated heterocycles. The number of benzene rings is 2. The second-order valence-corrected chi connectivity index (χ2v) is 6.38. The second kappa shape index (κ2) is 7.45. The Balaban J connectivity index is 1.47. The molecule has 2 aromatic carbocycles. The maximum Gasteiger partial charge on any atom is 0.137 e. The zero-order chi connectivity index (χ0) is 18.6. The van der Waals surface area contributed by atoms with E-state index in [0.717, 1.165) is 47.0 Å². The van der Waals surface area contributed by atoms with Gasteiger partial charge in [-0.3, -0.25) is 0 Å². The van der Waals surface area contributed by atoms with E-state index in [1.807, 2.05) is 35.0 Å². The van der Waals surface area contributed by atoms with Gasteiger partial charge in [0.15, 0.2) is 0 Å². The number of rotatable bonds is 6. The molecule has 0 aliphatic carbocycles. The molecule has 2 heterocycles. The van der Waals surface area contributed by atoms with Crippen molar-refractivity contribution in [3.8, 4) is 22.7 Å². The lowest BCUT2D eigenvalue weighted by atomic mass is 10.1. The molecule has 4 rings (SSSR count). The maximum atomic E-state index is 5.51. The Bertz CT molecular complexity index is 1020. The molecule has 2 aromatic heterocycles. The predicted molar refractivity (Wildman–Crippen MR) is 102 cm³/mol. The van der Waals surface area contributed by atoms with Gasteiger partial charge in [-0.15, -0.1) is 5.10 Å². The highest BCUT2D eigenvalue weighted by atomic mass is 16.5. The van der Waals surface area contributed by atoms with Crippen LogP contribution in [0.3, 0.4) is 0 Å². The van der Waals surface area contributed by atoms with Crippen LogP contribution in [0.4, 0.5) is 0 Å². The van der Waals surface area contributed by atoms with Gasteiger partial charge in [0.1, 0.15) is 17.2 Å². The van der Waals surface area contributed by atoms with E-state index >= 15 is 0 Å². The van der Waals surface area contributed by atoms with E-state index in [-0.39, 0.29) is 0 Å². The van der Waals surface area contributed by atoms with Gasteiger partial charge in [-0.2, -0.15) is 0 Å². The van der Waals surface area contributed by atoms with Crippen molar-refractivity contribution in [2.45, 2.75) is 19.8 Å². The van der Waals surface area contributed by atoms with E-state index in [1.54, 1.807) is 13.3 Å². The normalized spacial score (nSPS) is 10.9. The number of ether oxygens (including phenoxy) is 1. The van der Waals surface area contributed by atoms with E-state index in [4.69, 9.17) is 9.26 Å². The highest BCUT2D eigenvalue weighted by molar-refractivity contribution is 5.59. The molecular weight excluding hydrogens is 340 g/mol. The standard InChI is InChI=1S/C21H20N4O2/c1-15-3-5-16(6-4-15)21-13-20(27-23-21)12-9-18-14-22-24-25(18)17-7-10-19(26-2)11-8-17/h3-8,10-11,13-14H,9,12H2,1-2H3. The minimum Gasteiger partial charge on any atom is -0.497 e. The quantitative estimate of drug-likeness (QED) is 0.519. The Kier molecular flexibility index (Phi) is 4.70. The van der Waals surface area contributed by atoms with Crippen LogP contribution in [0.5, 0.6) is 5.75 Å². The van der Waals surface area contributed by atoms with Crippen LogP contribution in [0.25, 0.3) is 16.9 Å². The second-order valence-electron chi connectivity index (χ2n) is 6.38. The first-order valence-electron chi connectivity index (χ1n) is 8.79. The van der Waals surface area contributed by atoms with Gasteiger partial charge in [0.2, 0.25) is 0 Å². The Hall–Kier alpha value is -3.41. The first kappa shape index (κ1) is 17.0. The fraction of sp³-hybridized carbons (Fsp3) is 0.190. The van der Waals surface area contributed by atoms with Crippen molar-refractivity contribution in [1.29, 1.82) is 0 Å². The number of aryl methyl sites for hydroxylation is 3. The van der Waals surface area contributed by atoms with Gasteiger partial charge in [-0.05, 0) is 37.6 Å². The molecule has 0 spiro atoms. The number of hydrogen-bond acceptors (Lipinski definition) is 5. The van der Waals surface area contributed by atoms with Crippen LogP contribution in [0, 0.1) is 6.92 Å². The first-order valence-corrected chi connectivity index (χ1v) is 8.79. The van der Waals surface area contributed by atoms with Crippen LogP contribution in [0.1, 0.15) is 17.0 Å². The highest BCUT2D eigenvalue weighted by Crippen LogP contribution is 2.21. The third-order valence-corrected chi connectivity index (χ3v) is 4.47.